The minimum atomic E-state index is -0.549. The molecule has 7 nitrogen and oxygen atoms in total. The molecule has 30 heavy (non-hydrogen) atoms. The highest BCUT2D eigenvalue weighted by molar-refractivity contribution is 5.96. The largest absolute Gasteiger partial charge is 0.502 e. The number of piperidine rings is 1. The maximum Gasteiger partial charge on any atom is 0.277 e. The van der Waals surface area contributed by atoms with Crippen molar-refractivity contribution in [1.82, 2.24) is 9.58 Å². The van der Waals surface area contributed by atoms with Crippen LogP contribution in [0, 0.1) is 5.92 Å². The average Bonchev–Trinajstić information content (AvgIpc) is 2.73. The van der Waals surface area contributed by atoms with Gasteiger partial charge in [-0.3, -0.25) is 19.3 Å². The maximum absolute atomic E-state index is 13.0. The van der Waals surface area contributed by atoms with Crippen molar-refractivity contribution < 1.29 is 14.6 Å². The van der Waals surface area contributed by atoms with E-state index in [4.69, 9.17) is 4.74 Å². The first-order valence-corrected chi connectivity index (χ1v) is 10.7. The summed E-state index contributed by atoms with van der Waals surface area (Å²) in [6, 6.07) is 11.3. The first-order chi connectivity index (χ1) is 14.6. The summed E-state index contributed by atoms with van der Waals surface area (Å²) in [6.45, 7) is 0.754. The number of fused-ring (bicyclic) bond motifs is 3. The van der Waals surface area contributed by atoms with Crippen molar-refractivity contribution in [2.45, 2.75) is 50.4 Å². The summed E-state index contributed by atoms with van der Waals surface area (Å²) < 4.78 is 8.12. The summed E-state index contributed by atoms with van der Waals surface area (Å²) in [5, 5.41) is 12.5. The number of hydrogen-bond donors (Lipinski definition) is 1. The molecule has 3 heterocycles. The summed E-state index contributed by atoms with van der Waals surface area (Å²) in [4.78, 5) is 26.7. The number of pyridine rings is 1. The fourth-order valence-electron chi connectivity index (χ4n) is 4.93. The van der Waals surface area contributed by atoms with Crippen molar-refractivity contribution >= 4 is 5.91 Å². The van der Waals surface area contributed by atoms with E-state index in [0.29, 0.717) is 5.92 Å². The second-order valence-electron chi connectivity index (χ2n) is 8.60. The minimum Gasteiger partial charge on any atom is -0.502 e. The molecule has 5 rings (SSSR count). The number of amides is 1. The molecule has 1 N–H and O–H groups in total. The van der Waals surface area contributed by atoms with Gasteiger partial charge in [-0.2, -0.15) is 0 Å². The molecule has 0 bridgehead atoms. The third-order valence-electron chi connectivity index (χ3n) is 6.84. The Morgan fingerprint density at radius 1 is 1.07 bits per heavy atom. The zero-order chi connectivity index (χ0) is 20.8. The quantitative estimate of drug-likeness (QED) is 0.840. The molecule has 1 saturated heterocycles. The van der Waals surface area contributed by atoms with Gasteiger partial charge in [-0.15, -0.1) is 0 Å². The maximum atomic E-state index is 13.0. The molecule has 158 valence electrons. The van der Waals surface area contributed by atoms with Gasteiger partial charge in [-0.25, -0.2) is 0 Å². The van der Waals surface area contributed by atoms with E-state index < -0.39 is 11.2 Å². The van der Waals surface area contributed by atoms with Crippen LogP contribution >= 0.6 is 0 Å². The highest BCUT2D eigenvalue weighted by Crippen LogP contribution is 2.40. The molecular formula is C23H27N3O4. The Labute approximate surface area is 175 Å². The molecular weight excluding hydrogens is 382 g/mol. The lowest BCUT2D eigenvalue weighted by Crippen LogP contribution is -2.65. The fourth-order valence-corrected chi connectivity index (χ4v) is 4.93. The second-order valence-corrected chi connectivity index (χ2v) is 8.60. The van der Waals surface area contributed by atoms with E-state index in [1.807, 2.05) is 18.2 Å². The molecule has 0 radical (unpaired) electrons. The SMILES string of the molecule is CN1C(=O)c2c(O)c(=O)ccn2N2C(c3ccccc3)C(OCC3CCC3)CCC12. The molecule has 0 spiro atoms. The Hall–Kier alpha value is -2.80. The van der Waals surface area contributed by atoms with Crippen LogP contribution in [0.1, 0.15) is 54.2 Å². The van der Waals surface area contributed by atoms with Crippen LogP contribution in [0.2, 0.25) is 0 Å². The number of rotatable bonds is 4. The molecule has 3 unspecified atom stereocenters. The third kappa shape index (κ3) is 2.99. The number of aromatic hydroxyl groups is 1. The van der Waals surface area contributed by atoms with Gasteiger partial charge in [0.25, 0.3) is 5.91 Å². The van der Waals surface area contributed by atoms with E-state index in [-0.39, 0.29) is 29.9 Å². The van der Waals surface area contributed by atoms with E-state index >= 15 is 0 Å². The normalized spacial score (nSPS) is 26.2. The lowest BCUT2D eigenvalue weighted by atomic mass is 9.86. The van der Waals surface area contributed by atoms with Crippen LogP contribution in [0.5, 0.6) is 5.75 Å². The predicted molar refractivity (Wildman–Crippen MR) is 112 cm³/mol. The smallest absolute Gasteiger partial charge is 0.277 e. The van der Waals surface area contributed by atoms with Crippen molar-refractivity contribution in [3.05, 3.63) is 64.1 Å². The van der Waals surface area contributed by atoms with Gasteiger partial charge in [0.15, 0.2) is 11.4 Å². The number of benzene rings is 1. The summed E-state index contributed by atoms with van der Waals surface area (Å²) in [5.41, 5.74) is 0.557. The summed E-state index contributed by atoms with van der Waals surface area (Å²) >= 11 is 0. The highest BCUT2D eigenvalue weighted by atomic mass is 16.5. The van der Waals surface area contributed by atoms with Crippen molar-refractivity contribution in [1.29, 1.82) is 0 Å². The zero-order valence-corrected chi connectivity index (χ0v) is 17.1. The van der Waals surface area contributed by atoms with Gasteiger partial charge in [0.1, 0.15) is 6.17 Å². The number of hydrogen-bond acceptors (Lipinski definition) is 5. The van der Waals surface area contributed by atoms with Gasteiger partial charge >= 0.3 is 0 Å². The molecule has 1 amide bonds. The Morgan fingerprint density at radius 2 is 1.83 bits per heavy atom. The van der Waals surface area contributed by atoms with Crippen molar-refractivity contribution in [3.63, 3.8) is 0 Å². The molecule has 2 aliphatic heterocycles. The molecule has 1 aromatic heterocycles. The van der Waals surface area contributed by atoms with Gasteiger partial charge in [-0.05, 0) is 37.2 Å². The fraction of sp³-hybridized carbons (Fsp3) is 0.478. The molecule has 7 heteroatoms. The summed E-state index contributed by atoms with van der Waals surface area (Å²) in [6.07, 6.45) is 6.70. The number of ether oxygens (including phenoxy) is 1. The monoisotopic (exact) mass is 409 g/mol. The molecule has 2 fully saturated rings. The lowest BCUT2D eigenvalue weighted by molar-refractivity contribution is -0.0407. The van der Waals surface area contributed by atoms with Gasteiger partial charge in [0.05, 0.1) is 12.1 Å². The van der Waals surface area contributed by atoms with Crippen molar-refractivity contribution in [2.24, 2.45) is 5.92 Å². The predicted octanol–water partition coefficient (Wildman–Crippen LogP) is 2.62. The minimum absolute atomic E-state index is 0.0156. The zero-order valence-electron chi connectivity index (χ0n) is 17.1. The molecule has 1 saturated carbocycles. The molecule has 2 aromatic rings. The van der Waals surface area contributed by atoms with Crippen LogP contribution in [0.3, 0.4) is 0 Å². The van der Waals surface area contributed by atoms with Crippen LogP contribution < -0.4 is 10.4 Å². The first-order valence-electron chi connectivity index (χ1n) is 10.7. The van der Waals surface area contributed by atoms with E-state index in [1.165, 1.54) is 25.3 Å². The lowest BCUT2D eigenvalue weighted by Gasteiger charge is -2.53. The van der Waals surface area contributed by atoms with Crippen LogP contribution in [-0.2, 0) is 4.74 Å². The first kappa shape index (κ1) is 19.2. The Morgan fingerprint density at radius 3 is 2.53 bits per heavy atom. The highest BCUT2D eigenvalue weighted by Gasteiger charge is 2.47. The summed E-state index contributed by atoms with van der Waals surface area (Å²) in [7, 11) is 1.73. The Bertz CT molecular complexity index is 1000. The average molecular weight is 409 g/mol. The van der Waals surface area contributed by atoms with Gasteiger partial charge in [0, 0.05) is 25.9 Å². The molecule has 3 aliphatic rings. The van der Waals surface area contributed by atoms with Gasteiger partial charge in [0.2, 0.25) is 5.43 Å². The van der Waals surface area contributed by atoms with Crippen molar-refractivity contribution in [3.8, 4) is 5.75 Å². The van der Waals surface area contributed by atoms with Crippen LogP contribution in [0.4, 0.5) is 0 Å². The van der Waals surface area contributed by atoms with E-state index in [9.17, 15) is 14.7 Å². The number of aromatic nitrogens is 1. The Balaban J connectivity index is 1.60. The number of nitrogens with zero attached hydrogens (tertiary/aromatic N) is 3. The van der Waals surface area contributed by atoms with Crippen molar-refractivity contribution in [2.75, 3.05) is 18.7 Å². The van der Waals surface area contributed by atoms with E-state index in [1.54, 1.807) is 22.8 Å². The van der Waals surface area contributed by atoms with Crippen LogP contribution in [-0.4, -0.2) is 46.5 Å². The molecule has 3 atom stereocenters. The van der Waals surface area contributed by atoms with E-state index in [2.05, 4.69) is 17.1 Å². The standard InChI is InChI=1S/C23H27N3O4/c1-24-19-11-10-18(30-14-15-6-5-7-15)20(16-8-3-2-4-9-16)26(19)25-13-12-17(27)22(28)21(25)23(24)29/h2-4,8-9,12-13,15,18-20,28H,5-7,10-11,14H2,1H3. The summed E-state index contributed by atoms with van der Waals surface area (Å²) in [5.74, 6) is -0.207. The van der Waals surface area contributed by atoms with E-state index in [0.717, 1.165) is 25.0 Å². The number of carbonyl (C=O) groups is 1. The van der Waals surface area contributed by atoms with Crippen LogP contribution in [0.25, 0.3) is 0 Å². The van der Waals surface area contributed by atoms with Gasteiger partial charge in [-0.1, -0.05) is 36.8 Å². The second kappa shape index (κ2) is 7.47. The topological polar surface area (TPSA) is 75.0 Å². The molecule has 1 aliphatic carbocycles. The molecule has 1 aromatic carbocycles. The third-order valence-corrected chi connectivity index (χ3v) is 6.84. The van der Waals surface area contributed by atoms with Crippen LogP contribution in [0.15, 0.2) is 47.4 Å². The van der Waals surface area contributed by atoms with Gasteiger partial charge < -0.3 is 14.7 Å². The number of carbonyl (C=O) groups excluding carboxylic acids is 1. The Kier molecular flexibility index (Phi) is 4.77.